The van der Waals surface area contributed by atoms with Crippen LogP contribution in [-0.4, -0.2) is 30.1 Å². The second-order valence-electron chi connectivity index (χ2n) is 2.77. The van der Waals surface area contributed by atoms with Gasteiger partial charge < -0.3 is 9.64 Å². The topological polar surface area (TPSA) is 29.5 Å². The van der Waals surface area contributed by atoms with Crippen LogP contribution in [0.3, 0.4) is 0 Å². The normalized spacial score (nSPS) is 24.0. The van der Waals surface area contributed by atoms with Crippen molar-refractivity contribution in [3.05, 3.63) is 12.7 Å². The van der Waals surface area contributed by atoms with Crippen LogP contribution in [0.1, 0.15) is 19.8 Å². The monoisotopic (exact) mass is 166 g/mol. The standard InChI is InChI=1S/C9H12NO2/c1-3-12-9-4-5-10(2)8(6-9)7-11/h9H,3-6H2,1H3. The van der Waals surface area contributed by atoms with Gasteiger partial charge in [0, 0.05) is 19.6 Å². The summed E-state index contributed by atoms with van der Waals surface area (Å²) in [6.45, 7) is 3.15. The molecule has 1 unspecified atom stereocenters. The van der Waals surface area contributed by atoms with Gasteiger partial charge in [-0.3, -0.25) is 0 Å². The maximum Gasteiger partial charge on any atom is 0.145 e. The van der Waals surface area contributed by atoms with E-state index in [9.17, 15) is 4.79 Å². The summed E-state index contributed by atoms with van der Waals surface area (Å²) in [6.07, 6.45) is 1.46. The van der Waals surface area contributed by atoms with Gasteiger partial charge in [-0.1, -0.05) is 0 Å². The molecule has 0 amide bonds. The highest BCUT2D eigenvalue weighted by Crippen LogP contribution is 2.19. The van der Waals surface area contributed by atoms with Crippen molar-refractivity contribution in [2.24, 2.45) is 0 Å². The smallest absolute Gasteiger partial charge is 0.145 e. The number of nitrogens with zero attached hydrogens (tertiary/aromatic N) is 1. The molecule has 0 spiro atoms. The van der Waals surface area contributed by atoms with Gasteiger partial charge in [0.1, 0.15) is 18.7 Å². The van der Waals surface area contributed by atoms with E-state index in [1.807, 2.05) is 6.92 Å². The molecule has 1 atom stereocenters. The molecule has 1 rings (SSSR count). The molecule has 12 heavy (non-hydrogen) atoms. The minimum atomic E-state index is 0.105. The predicted octanol–water partition coefficient (Wildman–Crippen LogP) is 0.748. The van der Waals surface area contributed by atoms with E-state index in [2.05, 4.69) is 0 Å². The Morgan fingerprint density at radius 3 is 3.17 bits per heavy atom. The van der Waals surface area contributed by atoms with Gasteiger partial charge >= 0.3 is 0 Å². The molecule has 0 saturated carbocycles. The number of hydrogen-bond donors (Lipinski definition) is 0. The van der Waals surface area contributed by atoms with Gasteiger partial charge in [0.25, 0.3) is 0 Å². The molecule has 0 aromatic rings. The van der Waals surface area contributed by atoms with Crippen molar-refractivity contribution in [2.45, 2.75) is 25.9 Å². The Kier molecular flexibility index (Phi) is 3.32. The Morgan fingerprint density at radius 2 is 2.58 bits per heavy atom. The molecule has 0 bridgehead atoms. The van der Waals surface area contributed by atoms with Crippen molar-refractivity contribution in [1.82, 2.24) is 4.90 Å². The van der Waals surface area contributed by atoms with Gasteiger partial charge in [-0.2, -0.15) is 0 Å². The number of rotatable bonds is 2. The fraction of sp³-hybridized carbons (Fsp3) is 0.667. The van der Waals surface area contributed by atoms with Crippen LogP contribution in [0.2, 0.25) is 0 Å². The molecule has 1 saturated heterocycles. The maximum absolute atomic E-state index is 10.3. The van der Waals surface area contributed by atoms with E-state index >= 15 is 0 Å². The van der Waals surface area contributed by atoms with Crippen molar-refractivity contribution in [3.8, 4) is 0 Å². The molecule has 1 fully saturated rings. The zero-order chi connectivity index (χ0) is 8.97. The molecule has 65 valence electrons. The van der Waals surface area contributed by atoms with Gasteiger partial charge in [-0.15, -0.1) is 0 Å². The minimum Gasteiger partial charge on any atom is -0.378 e. The van der Waals surface area contributed by atoms with E-state index in [4.69, 9.17) is 11.8 Å². The lowest BCUT2D eigenvalue weighted by Gasteiger charge is -2.29. The fourth-order valence-electron chi connectivity index (χ4n) is 1.31. The number of ether oxygens (including phenoxy) is 1. The second-order valence-corrected chi connectivity index (χ2v) is 2.77. The summed E-state index contributed by atoms with van der Waals surface area (Å²) in [5.74, 6) is 1.77. The van der Waals surface area contributed by atoms with Crippen LogP contribution in [0.4, 0.5) is 0 Å². The van der Waals surface area contributed by atoms with Crippen LogP contribution in [0.15, 0.2) is 5.70 Å². The van der Waals surface area contributed by atoms with Crippen LogP contribution in [-0.2, 0) is 9.53 Å². The molecular formula is C9H12NO2. The summed E-state index contributed by atoms with van der Waals surface area (Å²) in [7, 11) is 7.33. The van der Waals surface area contributed by atoms with Crippen LogP contribution in [0, 0.1) is 7.05 Å². The Morgan fingerprint density at radius 1 is 1.83 bits per heavy atom. The lowest BCUT2D eigenvalue weighted by molar-refractivity contribution is 0.0369. The Bertz CT molecular complexity index is 197. The molecule has 0 aliphatic carbocycles. The van der Waals surface area contributed by atoms with Crippen LogP contribution >= 0.6 is 0 Å². The number of carbonyl (C=O) groups excluding carboxylic acids is 1. The second kappa shape index (κ2) is 4.29. The zero-order valence-corrected chi connectivity index (χ0v) is 7.17. The van der Waals surface area contributed by atoms with Gasteiger partial charge in [0.05, 0.1) is 6.10 Å². The lowest BCUT2D eigenvalue weighted by atomic mass is 10.1. The van der Waals surface area contributed by atoms with Crippen molar-refractivity contribution < 1.29 is 9.53 Å². The Balaban J connectivity index is 2.50. The van der Waals surface area contributed by atoms with E-state index in [1.54, 1.807) is 5.94 Å². The summed E-state index contributed by atoms with van der Waals surface area (Å²) in [4.78, 5) is 11.5. The summed E-state index contributed by atoms with van der Waals surface area (Å²) < 4.78 is 5.35. The average Bonchev–Trinajstić information content (AvgIpc) is 2.09. The highest BCUT2D eigenvalue weighted by Gasteiger charge is 2.21. The highest BCUT2D eigenvalue weighted by molar-refractivity contribution is 5.52. The van der Waals surface area contributed by atoms with Crippen LogP contribution < -0.4 is 0 Å². The molecular weight excluding hydrogens is 154 g/mol. The summed E-state index contributed by atoms with van der Waals surface area (Å²) in [6, 6.07) is 0. The van der Waals surface area contributed by atoms with Gasteiger partial charge in [-0.05, 0) is 13.3 Å². The third-order valence-electron chi connectivity index (χ3n) is 1.94. The average molecular weight is 166 g/mol. The Hall–Kier alpha value is -0.790. The van der Waals surface area contributed by atoms with E-state index in [0.717, 1.165) is 6.42 Å². The molecule has 0 N–H and O–H groups in total. The fourth-order valence-corrected chi connectivity index (χ4v) is 1.31. The van der Waals surface area contributed by atoms with Crippen molar-refractivity contribution in [1.29, 1.82) is 0 Å². The van der Waals surface area contributed by atoms with E-state index in [1.165, 1.54) is 4.90 Å². The van der Waals surface area contributed by atoms with Crippen molar-refractivity contribution in [3.63, 3.8) is 0 Å². The van der Waals surface area contributed by atoms with E-state index in [-0.39, 0.29) is 6.10 Å². The third kappa shape index (κ3) is 2.10. The quantitative estimate of drug-likeness (QED) is 0.567. The molecule has 1 heterocycles. The van der Waals surface area contributed by atoms with Crippen LogP contribution in [0.5, 0.6) is 0 Å². The number of piperidine rings is 1. The van der Waals surface area contributed by atoms with Gasteiger partial charge in [-0.25, -0.2) is 4.79 Å². The SMILES string of the molecule is [C]N1CCC(OCC)CC1=C=O. The molecule has 3 nitrogen and oxygen atoms in total. The summed E-state index contributed by atoms with van der Waals surface area (Å²) >= 11 is 0. The predicted molar refractivity (Wildman–Crippen MR) is 43.8 cm³/mol. The molecule has 0 aromatic carbocycles. The van der Waals surface area contributed by atoms with Crippen LogP contribution in [0.25, 0.3) is 0 Å². The summed E-state index contributed by atoms with van der Waals surface area (Å²) in [5, 5.41) is 0. The number of likely N-dealkylation sites (tertiary alicyclic amines) is 1. The Labute approximate surface area is 73.0 Å². The largest absolute Gasteiger partial charge is 0.378 e. The summed E-state index contributed by atoms with van der Waals surface area (Å²) in [5.41, 5.74) is 0.403. The minimum absolute atomic E-state index is 0.105. The van der Waals surface area contributed by atoms with E-state index < -0.39 is 0 Å². The molecule has 0 aromatic heterocycles. The van der Waals surface area contributed by atoms with Gasteiger partial charge in [0.15, 0.2) is 0 Å². The van der Waals surface area contributed by atoms with Gasteiger partial charge in [0.2, 0.25) is 0 Å². The third-order valence-corrected chi connectivity index (χ3v) is 1.94. The first-order valence-electron chi connectivity index (χ1n) is 4.12. The molecule has 1 aliphatic rings. The maximum atomic E-state index is 10.3. The van der Waals surface area contributed by atoms with Crippen molar-refractivity contribution >= 4 is 5.94 Å². The zero-order valence-electron chi connectivity index (χ0n) is 7.17. The van der Waals surface area contributed by atoms with Crippen molar-refractivity contribution in [2.75, 3.05) is 13.2 Å². The molecule has 3 radical (unpaired) electrons. The number of hydrogen-bond acceptors (Lipinski definition) is 3. The molecule has 3 heteroatoms. The lowest BCUT2D eigenvalue weighted by Crippen LogP contribution is -2.31. The first-order valence-corrected chi connectivity index (χ1v) is 4.12. The van der Waals surface area contributed by atoms with E-state index in [0.29, 0.717) is 25.3 Å². The first-order chi connectivity index (χ1) is 5.77. The highest BCUT2D eigenvalue weighted by atomic mass is 16.5. The first kappa shape index (κ1) is 9.30. The molecule has 1 aliphatic heterocycles.